The van der Waals surface area contributed by atoms with Crippen molar-refractivity contribution >= 4 is 61.6 Å². The number of rotatable bonds is 5. The van der Waals surface area contributed by atoms with Gasteiger partial charge in [-0.15, -0.1) is 0 Å². The van der Waals surface area contributed by atoms with Crippen LogP contribution in [0.2, 0.25) is 10.0 Å². The Balaban J connectivity index is 1.55. The molecule has 0 aromatic heterocycles. The Labute approximate surface area is 199 Å². The molecule has 152 valence electrons. The Hall–Kier alpha value is -2.77. The van der Waals surface area contributed by atoms with E-state index in [1.54, 1.807) is 24.3 Å². The molecule has 5 heteroatoms. The van der Waals surface area contributed by atoms with Crippen molar-refractivity contribution in [2.45, 2.75) is 6.61 Å². The van der Waals surface area contributed by atoms with Crippen LogP contribution in [0.15, 0.2) is 83.3 Å². The van der Waals surface area contributed by atoms with Gasteiger partial charge < -0.3 is 4.74 Å². The highest BCUT2D eigenvalue weighted by atomic mass is 79.9. The molecule has 31 heavy (non-hydrogen) atoms. The van der Waals surface area contributed by atoms with Gasteiger partial charge in [-0.2, -0.15) is 5.26 Å². The highest BCUT2D eigenvalue weighted by molar-refractivity contribution is 9.10. The lowest BCUT2D eigenvalue weighted by Gasteiger charge is -2.11. The Morgan fingerprint density at radius 1 is 0.935 bits per heavy atom. The van der Waals surface area contributed by atoms with Gasteiger partial charge in [0.15, 0.2) is 0 Å². The summed E-state index contributed by atoms with van der Waals surface area (Å²) in [5, 5.41) is 12.8. The highest BCUT2D eigenvalue weighted by Gasteiger charge is 2.08. The van der Waals surface area contributed by atoms with Gasteiger partial charge >= 0.3 is 0 Å². The van der Waals surface area contributed by atoms with E-state index in [-0.39, 0.29) is 0 Å². The van der Waals surface area contributed by atoms with Gasteiger partial charge in [0, 0.05) is 0 Å². The smallest absolute Gasteiger partial charge is 0.134 e. The van der Waals surface area contributed by atoms with E-state index in [1.807, 2.05) is 36.4 Å². The fraction of sp³-hybridized carbons (Fsp3) is 0.0385. The fourth-order valence-corrected chi connectivity index (χ4v) is 4.12. The molecule has 0 atom stereocenters. The van der Waals surface area contributed by atoms with Gasteiger partial charge in [-0.1, -0.05) is 77.8 Å². The van der Waals surface area contributed by atoms with Crippen LogP contribution in [-0.4, -0.2) is 0 Å². The minimum absolute atomic E-state index is 0.415. The van der Waals surface area contributed by atoms with Gasteiger partial charge in [0.25, 0.3) is 0 Å². The molecule has 0 unspecified atom stereocenters. The summed E-state index contributed by atoms with van der Waals surface area (Å²) in [6, 6.07) is 27.6. The van der Waals surface area contributed by atoms with Crippen LogP contribution in [0.1, 0.15) is 16.7 Å². The lowest BCUT2D eigenvalue weighted by Crippen LogP contribution is -1.97. The van der Waals surface area contributed by atoms with Crippen molar-refractivity contribution < 1.29 is 4.74 Å². The number of benzene rings is 4. The Morgan fingerprint density at radius 2 is 1.74 bits per heavy atom. The molecule has 0 spiro atoms. The monoisotopic (exact) mass is 507 g/mol. The van der Waals surface area contributed by atoms with Gasteiger partial charge in [-0.25, -0.2) is 0 Å². The van der Waals surface area contributed by atoms with Crippen molar-refractivity contribution in [1.29, 1.82) is 5.26 Å². The van der Waals surface area contributed by atoms with Crippen molar-refractivity contribution in [1.82, 2.24) is 0 Å². The predicted octanol–water partition coefficient (Wildman–Crippen LogP) is 8.55. The van der Waals surface area contributed by atoms with Crippen molar-refractivity contribution in [3.8, 4) is 11.8 Å². The van der Waals surface area contributed by atoms with E-state index in [4.69, 9.17) is 27.9 Å². The summed E-state index contributed by atoms with van der Waals surface area (Å²) in [6.45, 7) is 0.460. The first-order chi connectivity index (χ1) is 15.0. The normalized spacial score (nSPS) is 11.4. The fourth-order valence-electron chi connectivity index (χ4n) is 3.31. The Bertz CT molecular complexity index is 1340. The topological polar surface area (TPSA) is 33.0 Å². The largest absolute Gasteiger partial charge is 0.488 e. The molecule has 0 fully saturated rings. The van der Waals surface area contributed by atoms with Crippen LogP contribution in [0, 0.1) is 11.3 Å². The molecular formula is C26H16BrCl2NO. The number of hydrogen-bond donors (Lipinski definition) is 0. The highest BCUT2D eigenvalue weighted by Crippen LogP contribution is 2.31. The van der Waals surface area contributed by atoms with Crippen molar-refractivity contribution in [2.75, 3.05) is 0 Å². The van der Waals surface area contributed by atoms with Crippen LogP contribution in [-0.2, 0) is 6.61 Å². The summed E-state index contributed by atoms with van der Waals surface area (Å²) in [6.07, 6.45) is 1.80. The molecule has 0 N–H and O–H groups in total. The zero-order valence-corrected chi connectivity index (χ0v) is 19.4. The maximum Gasteiger partial charge on any atom is 0.134 e. The third-order valence-corrected chi connectivity index (χ3v) is 6.24. The molecule has 4 rings (SSSR count). The minimum Gasteiger partial charge on any atom is -0.488 e. The van der Waals surface area contributed by atoms with E-state index in [0.29, 0.717) is 27.8 Å². The molecule has 4 aromatic carbocycles. The minimum atomic E-state index is 0.415. The summed E-state index contributed by atoms with van der Waals surface area (Å²) < 4.78 is 6.88. The number of ether oxygens (including phenoxy) is 1. The summed E-state index contributed by atoms with van der Waals surface area (Å²) in [5.74, 6) is 0.734. The van der Waals surface area contributed by atoms with Crippen molar-refractivity contribution in [3.63, 3.8) is 0 Å². The summed E-state index contributed by atoms with van der Waals surface area (Å²) in [5.41, 5.74) is 3.20. The molecule has 0 aliphatic heterocycles. The van der Waals surface area contributed by atoms with E-state index in [9.17, 15) is 5.26 Å². The molecule has 0 aliphatic rings. The first kappa shape index (κ1) is 21.5. The second-order valence-electron chi connectivity index (χ2n) is 6.92. The molecule has 0 aliphatic carbocycles. The SMILES string of the molecule is N#C/C(=C/c1ccc(OCc2cccc3ccccc23)c(Br)c1)c1ccc(Cl)c(Cl)c1. The maximum absolute atomic E-state index is 9.59. The van der Waals surface area contributed by atoms with Crippen LogP contribution in [0.3, 0.4) is 0 Å². The number of fused-ring (bicyclic) bond motifs is 1. The Kier molecular flexibility index (Phi) is 6.63. The van der Waals surface area contributed by atoms with Gasteiger partial charge in [0.2, 0.25) is 0 Å². The van der Waals surface area contributed by atoms with E-state index in [0.717, 1.165) is 21.3 Å². The third-order valence-electron chi connectivity index (χ3n) is 4.88. The van der Waals surface area contributed by atoms with E-state index in [2.05, 4.69) is 46.3 Å². The second kappa shape index (κ2) is 9.58. The first-order valence-electron chi connectivity index (χ1n) is 9.51. The third kappa shape index (κ3) is 4.94. The Morgan fingerprint density at radius 3 is 2.52 bits per heavy atom. The van der Waals surface area contributed by atoms with Gasteiger partial charge in [-0.05, 0) is 73.7 Å². The summed E-state index contributed by atoms with van der Waals surface area (Å²) in [7, 11) is 0. The molecule has 0 amide bonds. The molecule has 4 aromatic rings. The number of allylic oxidation sites excluding steroid dienone is 1. The standard InChI is InChI=1S/C26H16BrCl2NO/c27-23-13-17(12-21(15-30)19-9-10-24(28)25(29)14-19)8-11-26(23)31-16-20-6-3-5-18-4-1-2-7-22(18)20/h1-14H,16H2/b21-12-. The molecule has 0 bridgehead atoms. The predicted molar refractivity (Wildman–Crippen MR) is 132 cm³/mol. The number of nitriles is 1. The van der Waals surface area contributed by atoms with Crippen LogP contribution in [0.5, 0.6) is 5.75 Å². The number of nitrogens with zero attached hydrogens (tertiary/aromatic N) is 1. The van der Waals surface area contributed by atoms with Gasteiger partial charge in [0.05, 0.1) is 26.2 Å². The molecule has 0 saturated carbocycles. The first-order valence-corrected chi connectivity index (χ1v) is 11.1. The molecule has 0 heterocycles. The maximum atomic E-state index is 9.59. The summed E-state index contributed by atoms with van der Waals surface area (Å²) >= 11 is 15.7. The van der Waals surface area contributed by atoms with E-state index < -0.39 is 0 Å². The lowest BCUT2D eigenvalue weighted by atomic mass is 10.0. The summed E-state index contributed by atoms with van der Waals surface area (Å²) in [4.78, 5) is 0. The second-order valence-corrected chi connectivity index (χ2v) is 8.58. The quantitative estimate of drug-likeness (QED) is 0.200. The van der Waals surface area contributed by atoms with E-state index in [1.165, 1.54) is 10.8 Å². The van der Waals surface area contributed by atoms with Crippen LogP contribution < -0.4 is 4.74 Å². The molecule has 2 nitrogen and oxygen atoms in total. The number of halogens is 3. The van der Waals surface area contributed by atoms with Gasteiger partial charge in [0.1, 0.15) is 12.4 Å². The van der Waals surface area contributed by atoms with Crippen molar-refractivity contribution in [2.24, 2.45) is 0 Å². The van der Waals surface area contributed by atoms with Gasteiger partial charge in [-0.3, -0.25) is 0 Å². The molecule has 0 radical (unpaired) electrons. The average Bonchev–Trinajstić information content (AvgIpc) is 2.79. The van der Waals surface area contributed by atoms with Crippen LogP contribution >= 0.6 is 39.1 Å². The molecule has 0 saturated heterocycles. The number of hydrogen-bond acceptors (Lipinski definition) is 2. The van der Waals surface area contributed by atoms with Crippen LogP contribution in [0.25, 0.3) is 22.4 Å². The van der Waals surface area contributed by atoms with E-state index >= 15 is 0 Å². The zero-order valence-electron chi connectivity index (χ0n) is 16.3. The van der Waals surface area contributed by atoms with Crippen LogP contribution in [0.4, 0.5) is 0 Å². The zero-order chi connectivity index (χ0) is 21.8. The lowest BCUT2D eigenvalue weighted by molar-refractivity contribution is 0.305. The average molecular weight is 509 g/mol. The molecular weight excluding hydrogens is 493 g/mol. The van der Waals surface area contributed by atoms with Crippen molar-refractivity contribution in [3.05, 3.63) is 110 Å².